The Bertz CT molecular complexity index is 520. The van der Waals surface area contributed by atoms with Crippen LogP contribution in [0.2, 0.25) is 0 Å². The molecule has 0 bridgehead atoms. The highest BCUT2D eigenvalue weighted by Gasteiger charge is 2.26. The Balaban J connectivity index is 1.94. The van der Waals surface area contributed by atoms with Gasteiger partial charge in [-0.1, -0.05) is 13.8 Å². The minimum absolute atomic E-state index is 0.00806. The Hall–Kier alpha value is -2.18. The van der Waals surface area contributed by atoms with Crippen LogP contribution in [0.15, 0.2) is 18.3 Å². The number of pyridine rings is 1. The highest BCUT2D eigenvalue weighted by Crippen LogP contribution is 2.19. The second-order valence-corrected chi connectivity index (χ2v) is 5.46. The number of hydrogen-bond donors (Lipinski definition) is 0. The number of piperazine rings is 1. The van der Waals surface area contributed by atoms with Gasteiger partial charge in [0.15, 0.2) is 0 Å². The minimum atomic E-state index is -0.455. The van der Waals surface area contributed by atoms with Gasteiger partial charge in [-0.2, -0.15) is 0 Å². The molecule has 0 radical (unpaired) electrons. The molecule has 120 valence electrons. The summed E-state index contributed by atoms with van der Waals surface area (Å²) in [5.74, 6) is 1.07. The van der Waals surface area contributed by atoms with Gasteiger partial charge in [0, 0.05) is 38.2 Å². The largest absolute Gasteiger partial charge is 0.353 e. The van der Waals surface area contributed by atoms with Crippen molar-refractivity contribution in [3.63, 3.8) is 0 Å². The van der Waals surface area contributed by atoms with Crippen LogP contribution >= 0.6 is 0 Å². The van der Waals surface area contributed by atoms with Crippen LogP contribution in [0.5, 0.6) is 0 Å². The third-order valence-electron chi connectivity index (χ3n) is 4.19. The van der Waals surface area contributed by atoms with Crippen LogP contribution in [0.3, 0.4) is 0 Å². The highest BCUT2D eigenvalue weighted by atomic mass is 16.6. The van der Waals surface area contributed by atoms with E-state index in [0.29, 0.717) is 26.2 Å². The molecule has 1 amide bonds. The van der Waals surface area contributed by atoms with E-state index in [2.05, 4.69) is 9.88 Å². The number of anilines is 1. The number of rotatable bonds is 5. The molecule has 1 aromatic heterocycles. The van der Waals surface area contributed by atoms with Gasteiger partial charge in [-0.3, -0.25) is 14.9 Å². The lowest BCUT2D eigenvalue weighted by Gasteiger charge is -2.36. The van der Waals surface area contributed by atoms with Crippen molar-refractivity contribution in [1.29, 1.82) is 0 Å². The predicted octanol–water partition coefficient (Wildman–Crippen LogP) is 2.07. The average Bonchev–Trinajstić information content (AvgIpc) is 2.56. The Kier molecular flexibility index (Phi) is 5.30. The minimum Gasteiger partial charge on any atom is -0.353 e. The van der Waals surface area contributed by atoms with Crippen LogP contribution in [0, 0.1) is 16.0 Å². The number of nitrogens with zero attached hydrogens (tertiary/aromatic N) is 4. The summed E-state index contributed by atoms with van der Waals surface area (Å²) in [6.07, 6.45) is 3.02. The summed E-state index contributed by atoms with van der Waals surface area (Å²) in [5, 5.41) is 10.6. The Labute approximate surface area is 130 Å². The van der Waals surface area contributed by atoms with Gasteiger partial charge in [0.05, 0.1) is 4.92 Å². The summed E-state index contributed by atoms with van der Waals surface area (Å²) < 4.78 is 0. The fourth-order valence-electron chi connectivity index (χ4n) is 2.73. The van der Waals surface area contributed by atoms with E-state index < -0.39 is 4.92 Å². The van der Waals surface area contributed by atoms with Crippen molar-refractivity contribution in [2.75, 3.05) is 31.1 Å². The molecule has 0 spiro atoms. The zero-order valence-electron chi connectivity index (χ0n) is 13.1. The summed E-state index contributed by atoms with van der Waals surface area (Å²) in [7, 11) is 0. The zero-order valence-corrected chi connectivity index (χ0v) is 13.1. The molecule has 1 aliphatic heterocycles. The molecule has 0 unspecified atom stereocenters. The van der Waals surface area contributed by atoms with Crippen molar-refractivity contribution in [3.8, 4) is 0 Å². The fraction of sp³-hybridized carbons (Fsp3) is 0.600. The Morgan fingerprint density at radius 1 is 1.27 bits per heavy atom. The van der Waals surface area contributed by atoms with E-state index in [-0.39, 0.29) is 17.5 Å². The molecule has 7 nitrogen and oxygen atoms in total. The maximum Gasteiger partial charge on any atom is 0.287 e. The smallest absolute Gasteiger partial charge is 0.287 e. The SMILES string of the molecule is CCC(CC)C(=O)N1CCN(c2ccc([N+](=O)[O-])cn2)CC1. The lowest BCUT2D eigenvalue weighted by Crippen LogP contribution is -2.50. The van der Waals surface area contributed by atoms with Crippen molar-refractivity contribution in [3.05, 3.63) is 28.4 Å². The monoisotopic (exact) mass is 306 g/mol. The van der Waals surface area contributed by atoms with Crippen LogP contribution in [-0.2, 0) is 4.79 Å². The number of carbonyl (C=O) groups excluding carboxylic acids is 1. The van der Waals surface area contributed by atoms with Gasteiger partial charge in [0.1, 0.15) is 12.0 Å². The van der Waals surface area contributed by atoms with Gasteiger partial charge in [0.25, 0.3) is 5.69 Å². The van der Waals surface area contributed by atoms with Gasteiger partial charge in [-0.25, -0.2) is 4.98 Å². The molecule has 2 rings (SSSR count). The summed E-state index contributed by atoms with van der Waals surface area (Å²) in [6, 6.07) is 3.13. The molecule has 0 N–H and O–H groups in total. The van der Waals surface area contributed by atoms with Gasteiger partial charge in [-0.15, -0.1) is 0 Å². The standard InChI is InChI=1S/C15H22N4O3/c1-3-12(4-2)15(20)18-9-7-17(8-10-18)14-6-5-13(11-16-14)19(21)22/h5-6,11-12H,3-4,7-10H2,1-2H3. The summed E-state index contributed by atoms with van der Waals surface area (Å²) in [4.78, 5) is 30.6. The van der Waals surface area contributed by atoms with E-state index in [4.69, 9.17) is 0 Å². The van der Waals surface area contributed by atoms with E-state index in [0.717, 1.165) is 18.7 Å². The van der Waals surface area contributed by atoms with E-state index in [1.807, 2.05) is 18.7 Å². The fourth-order valence-corrected chi connectivity index (χ4v) is 2.73. The van der Waals surface area contributed by atoms with Gasteiger partial charge in [-0.05, 0) is 18.9 Å². The van der Waals surface area contributed by atoms with E-state index in [1.54, 1.807) is 6.07 Å². The number of hydrogen-bond acceptors (Lipinski definition) is 5. The average molecular weight is 306 g/mol. The van der Waals surface area contributed by atoms with Crippen LogP contribution < -0.4 is 4.90 Å². The predicted molar refractivity (Wildman–Crippen MR) is 83.8 cm³/mol. The first-order valence-electron chi connectivity index (χ1n) is 7.71. The molecule has 7 heteroatoms. The van der Waals surface area contributed by atoms with Crippen molar-refractivity contribution < 1.29 is 9.72 Å². The van der Waals surface area contributed by atoms with E-state index in [9.17, 15) is 14.9 Å². The molecule has 1 aliphatic rings. The normalized spacial score (nSPS) is 15.2. The lowest BCUT2D eigenvalue weighted by atomic mass is 10.0. The summed E-state index contributed by atoms with van der Waals surface area (Å²) in [6.45, 7) is 6.85. The third-order valence-corrected chi connectivity index (χ3v) is 4.19. The third kappa shape index (κ3) is 3.52. The van der Waals surface area contributed by atoms with Crippen LogP contribution in [0.4, 0.5) is 11.5 Å². The van der Waals surface area contributed by atoms with Crippen LogP contribution in [0.25, 0.3) is 0 Å². The molecule has 1 saturated heterocycles. The Morgan fingerprint density at radius 2 is 1.91 bits per heavy atom. The number of aromatic nitrogens is 1. The molecule has 0 aromatic carbocycles. The molecule has 2 heterocycles. The molecule has 1 fully saturated rings. The molecule has 22 heavy (non-hydrogen) atoms. The molecular weight excluding hydrogens is 284 g/mol. The van der Waals surface area contributed by atoms with E-state index >= 15 is 0 Å². The molecular formula is C15H22N4O3. The lowest BCUT2D eigenvalue weighted by molar-refractivity contribution is -0.385. The second kappa shape index (κ2) is 7.20. The number of nitro groups is 1. The molecule has 0 aliphatic carbocycles. The second-order valence-electron chi connectivity index (χ2n) is 5.46. The maximum atomic E-state index is 12.3. The Morgan fingerprint density at radius 3 is 2.36 bits per heavy atom. The van der Waals surface area contributed by atoms with Crippen molar-refractivity contribution >= 4 is 17.4 Å². The number of amides is 1. The first-order chi connectivity index (χ1) is 10.6. The summed E-state index contributed by atoms with van der Waals surface area (Å²) in [5.41, 5.74) is -0.00806. The van der Waals surface area contributed by atoms with Gasteiger partial charge >= 0.3 is 0 Å². The first kappa shape index (κ1) is 16.2. The van der Waals surface area contributed by atoms with Gasteiger partial charge < -0.3 is 9.80 Å². The molecule has 0 saturated carbocycles. The maximum absolute atomic E-state index is 12.3. The first-order valence-corrected chi connectivity index (χ1v) is 7.71. The topological polar surface area (TPSA) is 79.6 Å². The van der Waals surface area contributed by atoms with Crippen LogP contribution in [-0.4, -0.2) is 46.9 Å². The van der Waals surface area contributed by atoms with Crippen LogP contribution in [0.1, 0.15) is 26.7 Å². The molecule has 0 atom stereocenters. The van der Waals surface area contributed by atoms with E-state index in [1.165, 1.54) is 12.3 Å². The van der Waals surface area contributed by atoms with Crippen molar-refractivity contribution in [2.24, 2.45) is 5.92 Å². The molecule has 1 aromatic rings. The van der Waals surface area contributed by atoms with Crippen molar-refractivity contribution in [1.82, 2.24) is 9.88 Å². The zero-order chi connectivity index (χ0) is 16.1. The van der Waals surface area contributed by atoms with Crippen molar-refractivity contribution in [2.45, 2.75) is 26.7 Å². The number of carbonyl (C=O) groups is 1. The summed E-state index contributed by atoms with van der Waals surface area (Å²) >= 11 is 0. The quantitative estimate of drug-likeness (QED) is 0.614. The van der Waals surface area contributed by atoms with Gasteiger partial charge in [0.2, 0.25) is 5.91 Å². The highest BCUT2D eigenvalue weighted by molar-refractivity contribution is 5.79.